The molecule has 0 saturated heterocycles. The summed E-state index contributed by atoms with van der Waals surface area (Å²) in [5.41, 5.74) is 1.23. The van der Waals surface area contributed by atoms with Crippen molar-refractivity contribution in [3.05, 3.63) is 64.7 Å². The fraction of sp³-hybridized carbons (Fsp3) is 0.320. The minimum Gasteiger partial charge on any atom is -0.462 e. The minimum atomic E-state index is -4.73. The number of hydrogen-bond donors (Lipinski definition) is 1. The van der Waals surface area contributed by atoms with Crippen molar-refractivity contribution in [1.29, 1.82) is 0 Å². The summed E-state index contributed by atoms with van der Waals surface area (Å²) in [6, 6.07) is 7.48. The number of halogens is 4. The number of ether oxygens (including phenoxy) is 1. The van der Waals surface area contributed by atoms with Crippen molar-refractivity contribution in [2.45, 2.75) is 44.8 Å². The number of carbonyl (C=O) groups excluding carboxylic acids is 2. The Morgan fingerprint density at radius 3 is 2.71 bits per heavy atom. The van der Waals surface area contributed by atoms with Gasteiger partial charge in [-0.1, -0.05) is 23.7 Å². The van der Waals surface area contributed by atoms with Crippen LogP contribution in [0.25, 0.3) is 16.9 Å². The molecule has 4 aromatic rings. The molecule has 1 aromatic carbocycles. The van der Waals surface area contributed by atoms with Crippen molar-refractivity contribution in [2.24, 2.45) is 0 Å². The van der Waals surface area contributed by atoms with Crippen LogP contribution in [0.1, 0.15) is 60.4 Å². The predicted octanol–water partition coefficient (Wildman–Crippen LogP) is 5.52. The molecule has 0 aliphatic heterocycles. The fourth-order valence-electron chi connectivity index (χ4n) is 4.20. The van der Waals surface area contributed by atoms with Gasteiger partial charge in [0.15, 0.2) is 11.3 Å². The second kappa shape index (κ2) is 9.75. The van der Waals surface area contributed by atoms with E-state index in [1.807, 2.05) is 0 Å². The topological polar surface area (TPSA) is 103 Å². The number of esters is 1. The van der Waals surface area contributed by atoms with Crippen LogP contribution in [0.3, 0.4) is 0 Å². The molecule has 1 aliphatic carbocycles. The third kappa shape index (κ3) is 4.71. The number of aromatic nitrogens is 5. The van der Waals surface area contributed by atoms with Crippen LogP contribution in [0.2, 0.25) is 5.02 Å². The zero-order valence-corrected chi connectivity index (χ0v) is 21.0. The number of nitrogens with zero attached hydrogens (tertiary/aromatic N) is 5. The third-order valence-electron chi connectivity index (χ3n) is 6.19. The Morgan fingerprint density at radius 1 is 1.26 bits per heavy atom. The molecular weight excluding hydrogens is 525 g/mol. The molecule has 0 radical (unpaired) electrons. The smallest absolute Gasteiger partial charge is 0.436 e. The van der Waals surface area contributed by atoms with Gasteiger partial charge < -0.3 is 10.1 Å². The first-order chi connectivity index (χ1) is 18.1. The standard InChI is InChI=1S/C25H22ClF3N6O3/c1-3-38-24(37)17-12-31-35-18(9-10-30-22(17)35)15-5-4-6-16(11-15)32-23(36)13(2)34-20(14-7-8-14)19(26)21(33-34)25(27,28)29/h4-6,9-14H,3,7-8H2,1-2H3,(H,32,36). The first-order valence-electron chi connectivity index (χ1n) is 11.9. The van der Waals surface area contributed by atoms with Gasteiger partial charge in [0.1, 0.15) is 11.6 Å². The van der Waals surface area contributed by atoms with E-state index in [0.29, 0.717) is 35.4 Å². The van der Waals surface area contributed by atoms with Crippen LogP contribution in [0.15, 0.2) is 42.7 Å². The van der Waals surface area contributed by atoms with E-state index in [9.17, 15) is 22.8 Å². The quantitative estimate of drug-likeness (QED) is 0.306. The lowest BCUT2D eigenvalue weighted by Crippen LogP contribution is -2.26. The number of rotatable bonds is 7. The van der Waals surface area contributed by atoms with Crippen molar-refractivity contribution in [1.82, 2.24) is 24.4 Å². The van der Waals surface area contributed by atoms with E-state index in [-0.39, 0.29) is 23.8 Å². The van der Waals surface area contributed by atoms with E-state index in [1.54, 1.807) is 37.3 Å². The summed E-state index contributed by atoms with van der Waals surface area (Å²) in [6.07, 6.45) is -0.456. The molecule has 198 valence electrons. The lowest BCUT2D eigenvalue weighted by molar-refractivity contribution is -0.141. The number of hydrogen-bond acceptors (Lipinski definition) is 6. The molecule has 0 spiro atoms. The van der Waals surface area contributed by atoms with Crippen LogP contribution in [-0.4, -0.2) is 42.9 Å². The maximum absolute atomic E-state index is 13.4. The summed E-state index contributed by atoms with van der Waals surface area (Å²) < 4.78 is 47.9. The summed E-state index contributed by atoms with van der Waals surface area (Å²) in [5, 5.41) is 10.2. The lowest BCUT2D eigenvalue weighted by Gasteiger charge is -2.16. The van der Waals surface area contributed by atoms with Crippen LogP contribution >= 0.6 is 11.6 Å². The molecule has 3 heterocycles. The maximum atomic E-state index is 13.4. The Bertz CT molecular complexity index is 1540. The van der Waals surface area contributed by atoms with Crippen molar-refractivity contribution < 1.29 is 27.5 Å². The third-order valence-corrected chi connectivity index (χ3v) is 6.56. The molecule has 1 N–H and O–H groups in total. The Balaban J connectivity index is 1.42. The zero-order chi connectivity index (χ0) is 27.2. The van der Waals surface area contributed by atoms with Gasteiger partial charge in [-0.05, 0) is 44.9 Å². The predicted molar refractivity (Wildman–Crippen MR) is 132 cm³/mol. The number of amides is 1. The van der Waals surface area contributed by atoms with Gasteiger partial charge >= 0.3 is 12.1 Å². The molecule has 1 saturated carbocycles. The summed E-state index contributed by atoms with van der Waals surface area (Å²) >= 11 is 6.06. The van der Waals surface area contributed by atoms with E-state index in [2.05, 4.69) is 20.5 Å². The van der Waals surface area contributed by atoms with Gasteiger partial charge in [0.25, 0.3) is 0 Å². The largest absolute Gasteiger partial charge is 0.462 e. The van der Waals surface area contributed by atoms with Gasteiger partial charge in [-0.2, -0.15) is 23.4 Å². The van der Waals surface area contributed by atoms with E-state index in [1.165, 1.54) is 23.8 Å². The minimum absolute atomic E-state index is 0.160. The molecule has 13 heteroatoms. The summed E-state index contributed by atoms with van der Waals surface area (Å²) in [7, 11) is 0. The Kier molecular flexibility index (Phi) is 6.59. The summed E-state index contributed by atoms with van der Waals surface area (Å²) in [5.74, 6) is -1.26. The van der Waals surface area contributed by atoms with Crippen LogP contribution < -0.4 is 5.32 Å². The number of alkyl halides is 3. The summed E-state index contributed by atoms with van der Waals surface area (Å²) in [6.45, 7) is 3.38. The monoisotopic (exact) mass is 546 g/mol. The van der Waals surface area contributed by atoms with E-state index >= 15 is 0 Å². The molecule has 9 nitrogen and oxygen atoms in total. The number of fused-ring (bicyclic) bond motifs is 1. The fourth-order valence-corrected chi connectivity index (χ4v) is 4.59. The molecule has 1 aliphatic rings. The van der Waals surface area contributed by atoms with Crippen molar-refractivity contribution in [3.63, 3.8) is 0 Å². The zero-order valence-electron chi connectivity index (χ0n) is 20.3. The highest BCUT2D eigenvalue weighted by molar-refractivity contribution is 6.32. The normalized spacial score (nSPS) is 14.5. The summed E-state index contributed by atoms with van der Waals surface area (Å²) in [4.78, 5) is 29.6. The second-order valence-corrected chi connectivity index (χ2v) is 9.23. The maximum Gasteiger partial charge on any atom is 0.436 e. The molecule has 1 amide bonds. The van der Waals surface area contributed by atoms with E-state index < -0.39 is 34.8 Å². The van der Waals surface area contributed by atoms with Gasteiger partial charge in [0.2, 0.25) is 5.91 Å². The number of nitrogens with one attached hydrogen (secondary N) is 1. The lowest BCUT2D eigenvalue weighted by atomic mass is 10.1. The van der Waals surface area contributed by atoms with E-state index in [0.717, 1.165) is 4.68 Å². The average molecular weight is 547 g/mol. The van der Waals surface area contributed by atoms with Gasteiger partial charge in [0.05, 0.1) is 29.2 Å². The van der Waals surface area contributed by atoms with Gasteiger partial charge in [-0.3, -0.25) is 9.48 Å². The van der Waals surface area contributed by atoms with E-state index in [4.69, 9.17) is 16.3 Å². The van der Waals surface area contributed by atoms with Gasteiger partial charge in [0, 0.05) is 23.4 Å². The van der Waals surface area contributed by atoms with Crippen molar-refractivity contribution in [3.8, 4) is 11.3 Å². The molecule has 1 unspecified atom stereocenters. The molecule has 3 aromatic heterocycles. The molecule has 1 fully saturated rings. The Labute approximate surface area is 219 Å². The van der Waals surface area contributed by atoms with Gasteiger partial charge in [-0.15, -0.1) is 0 Å². The molecular formula is C25H22ClF3N6O3. The molecule has 38 heavy (non-hydrogen) atoms. The van der Waals surface area contributed by atoms with Crippen LogP contribution in [0, 0.1) is 0 Å². The highest BCUT2D eigenvalue weighted by Gasteiger charge is 2.43. The SMILES string of the molecule is CCOC(=O)c1cnn2c(-c3cccc(NC(=O)C(C)n4nc(C(F)(F)F)c(Cl)c4C4CC4)c3)ccnc12. The first kappa shape index (κ1) is 25.7. The van der Waals surface area contributed by atoms with Crippen LogP contribution in [-0.2, 0) is 15.7 Å². The number of benzene rings is 1. The number of anilines is 1. The van der Waals surface area contributed by atoms with Crippen molar-refractivity contribution >= 4 is 34.8 Å². The highest BCUT2D eigenvalue weighted by atomic mass is 35.5. The van der Waals surface area contributed by atoms with Crippen LogP contribution in [0.5, 0.6) is 0 Å². The Morgan fingerprint density at radius 2 is 2.03 bits per heavy atom. The first-order valence-corrected chi connectivity index (χ1v) is 12.2. The highest BCUT2D eigenvalue weighted by Crippen LogP contribution is 2.47. The molecule has 0 bridgehead atoms. The number of carbonyl (C=O) groups is 2. The average Bonchev–Trinajstić information content (AvgIpc) is 3.50. The van der Waals surface area contributed by atoms with Crippen LogP contribution in [0.4, 0.5) is 18.9 Å². The van der Waals surface area contributed by atoms with Gasteiger partial charge in [-0.25, -0.2) is 14.3 Å². The molecule has 5 rings (SSSR count). The van der Waals surface area contributed by atoms with Crippen molar-refractivity contribution in [2.75, 3.05) is 11.9 Å². The molecule has 1 atom stereocenters. The Hall–Kier alpha value is -3.93. The second-order valence-electron chi connectivity index (χ2n) is 8.85.